The van der Waals surface area contributed by atoms with Crippen LogP contribution in [0.25, 0.3) is 0 Å². The molecule has 1 aliphatic heterocycles. The third-order valence-corrected chi connectivity index (χ3v) is 7.49. The van der Waals surface area contributed by atoms with E-state index in [1.54, 1.807) is 0 Å². The first-order chi connectivity index (χ1) is 16.8. The second-order valence-corrected chi connectivity index (χ2v) is 12.4. The van der Waals surface area contributed by atoms with Crippen LogP contribution in [0.4, 0.5) is 0 Å². The number of ketones is 1. The molecule has 1 saturated heterocycles. The molecule has 1 aliphatic rings. The van der Waals surface area contributed by atoms with E-state index < -0.39 is 0 Å². The van der Waals surface area contributed by atoms with Gasteiger partial charge in [-0.15, -0.1) is 0 Å². The van der Waals surface area contributed by atoms with E-state index in [1.807, 2.05) is 82.8 Å². The molecule has 0 saturated carbocycles. The highest BCUT2D eigenvalue weighted by Gasteiger charge is 2.38. The third kappa shape index (κ3) is 6.00. The fraction of sp³-hybridized carbons (Fsp3) is 0.548. The molecule has 1 fully saturated rings. The molecule has 0 unspecified atom stereocenters. The molecular weight excluding hydrogens is 448 g/mol. The molecule has 0 aromatic heterocycles. The summed E-state index contributed by atoms with van der Waals surface area (Å²) in [7, 11) is 0. The number of nitrogens with zero attached hydrogens (tertiary/aromatic N) is 1. The van der Waals surface area contributed by atoms with Gasteiger partial charge in [-0.3, -0.25) is 10.2 Å². The number of carbonyl (C=O) groups excluding carboxylic acids is 1. The van der Waals surface area contributed by atoms with Crippen LogP contribution < -0.4 is 0 Å². The zero-order chi connectivity index (χ0) is 26.8. The summed E-state index contributed by atoms with van der Waals surface area (Å²) >= 11 is 0. The highest BCUT2D eigenvalue weighted by molar-refractivity contribution is 6.01. The number of likely N-dealkylation sites (tertiary alicyclic amines) is 1. The van der Waals surface area contributed by atoms with Gasteiger partial charge < -0.3 is 15.1 Å². The summed E-state index contributed by atoms with van der Waals surface area (Å²) in [6.07, 6.45) is 2.73. The quantitative estimate of drug-likeness (QED) is 0.381. The van der Waals surface area contributed by atoms with E-state index in [4.69, 9.17) is 5.41 Å². The predicted octanol–water partition coefficient (Wildman–Crippen LogP) is 6.23. The lowest BCUT2D eigenvalue weighted by atomic mass is 9.78. The maximum Gasteiger partial charge on any atom is 0.182 e. The second-order valence-electron chi connectivity index (χ2n) is 12.4. The minimum Gasteiger partial charge on any atom is -0.507 e. The number of benzene rings is 2. The monoisotopic (exact) mass is 492 g/mol. The second kappa shape index (κ2) is 10.8. The standard InChI is InChI=1S/C31H44N2O3/c1-8-11-21-17-33(29(32)24(21)14-20-12-9-10-13-22(20)19-34)18-27(35)23-15-25(30(2,3)4)28(36)26(16-23)31(5,6)7/h9-10,12-13,15-16,21,24,32,34,36H,8,11,14,17-19H2,1-7H3/t21-,24+/m0/s1. The van der Waals surface area contributed by atoms with Gasteiger partial charge >= 0.3 is 0 Å². The van der Waals surface area contributed by atoms with E-state index in [0.717, 1.165) is 35.1 Å². The van der Waals surface area contributed by atoms with Crippen molar-refractivity contribution in [2.24, 2.45) is 11.8 Å². The Morgan fingerprint density at radius 1 is 1.03 bits per heavy atom. The highest BCUT2D eigenvalue weighted by atomic mass is 16.3. The predicted molar refractivity (Wildman–Crippen MR) is 147 cm³/mol. The zero-order valence-corrected chi connectivity index (χ0v) is 23.1. The van der Waals surface area contributed by atoms with Crippen LogP contribution in [0.1, 0.15) is 93.9 Å². The summed E-state index contributed by atoms with van der Waals surface area (Å²) in [6, 6.07) is 11.6. The van der Waals surface area contributed by atoms with Crippen molar-refractivity contribution in [2.45, 2.75) is 85.2 Å². The van der Waals surface area contributed by atoms with Crippen molar-refractivity contribution in [3.8, 4) is 5.75 Å². The molecule has 0 radical (unpaired) electrons. The van der Waals surface area contributed by atoms with Crippen LogP contribution in [0, 0.1) is 17.2 Å². The van der Waals surface area contributed by atoms with Crippen molar-refractivity contribution in [1.29, 1.82) is 5.41 Å². The van der Waals surface area contributed by atoms with Crippen LogP contribution in [0.3, 0.4) is 0 Å². The van der Waals surface area contributed by atoms with Gasteiger partial charge in [-0.25, -0.2) is 0 Å². The van der Waals surface area contributed by atoms with Crippen molar-refractivity contribution in [1.82, 2.24) is 4.90 Å². The van der Waals surface area contributed by atoms with E-state index in [0.29, 0.717) is 30.3 Å². The summed E-state index contributed by atoms with van der Waals surface area (Å²) in [4.78, 5) is 15.5. The summed E-state index contributed by atoms with van der Waals surface area (Å²) in [6.45, 7) is 15.3. The molecule has 2 aromatic carbocycles. The van der Waals surface area contributed by atoms with Gasteiger partial charge in [0, 0.05) is 29.2 Å². The minimum atomic E-state index is -0.307. The van der Waals surface area contributed by atoms with E-state index in [9.17, 15) is 15.0 Å². The van der Waals surface area contributed by atoms with Crippen LogP contribution >= 0.6 is 0 Å². The average molecular weight is 493 g/mol. The van der Waals surface area contributed by atoms with Crippen molar-refractivity contribution in [3.63, 3.8) is 0 Å². The number of Topliss-reactive ketones (excluding diaryl/α,β-unsaturated/α-hetero) is 1. The number of phenols is 1. The maximum atomic E-state index is 13.6. The van der Waals surface area contributed by atoms with Gasteiger partial charge in [-0.05, 0) is 52.8 Å². The highest BCUT2D eigenvalue weighted by Crippen LogP contribution is 2.40. The molecule has 5 heteroatoms. The Hall–Kier alpha value is -2.66. The van der Waals surface area contributed by atoms with Crippen LogP contribution in [0.15, 0.2) is 36.4 Å². The summed E-state index contributed by atoms with van der Waals surface area (Å²) in [5.74, 6) is 1.09. The molecule has 36 heavy (non-hydrogen) atoms. The minimum absolute atomic E-state index is 0.00998. The lowest BCUT2D eigenvalue weighted by Crippen LogP contribution is -2.33. The van der Waals surface area contributed by atoms with Crippen molar-refractivity contribution in [2.75, 3.05) is 13.1 Å². The normalized spacial score (nSPS) is 18.7. The number of aromatic hydroxyl groups is 1. The van der Waals surface area contributed by atoms with Gasteiger partial charge in [-0.2, -0.15) is 0 Å². The molecule has 2 atom stereocenters. The average Bonchev–Trinajstić information content (AvgIpc) is 3.07. The lowest BCUT2D eigenvalue weighted by molar-refractivity contribution is 0.0963. The summed E-state index contributed by atoms with van der Waals surface area (Å²) in [5.41, 5.74) is 3.51. The van der Waals surface area contributed by atoms with Gasteiger partial charge in [0.2, 0.25) is 0 Å². The van der Waals surface area contributed by atoms with E-state index in [1.165, 1.54) is 0 Å². The smallest absolute Gasteiger partial charge is 0.182 e. The molecule has 0 amide bonds. The zero-order valence-electron chi connectivity index (χ0n) is 23.1. The van der Waals surface area contributed by atoms with Crippen LogP contribution in [-0.4, -0.2) is 39.8 Å². The molecule has 0 aliphatic carbocycles. The Morgan fingerprint density at radius 2 is 1.58 bits per heavy atom. The fourth-order valence-corrected chi connectivity index (χ4v) is 5.39. The number of phenolic OH excluding ortho intramolecular Hbond substituents is 1. The number of carbonyl (C=O) groups is 1. The SMILES string of the molecule is CCC[C@H]1CN(CC(=O)c2cc(C(C)(C)C)c(O)c(C(C)(C)C)c2)C(=N)[C@@H]1Cc1ccccc1CO. The number of rotatable bonds is 8. The Bertz CT molecular complexity index is 1070. The van der Waals surface area contributed by atoms with Gasteiger partial charge in [0.1, 0.15) is 11.6 Å². The van der Waals surface area contributed by atoms with Gasteiger partial charge in [0.25, 0.3) is 0 Å². The van der Waals surface area contributed by atoms with Gasteiger partial charge in [0.15, 0.2) is 5.78 Å². The largest absolute Gasteiger partial charge is 0.507 e. The van der Waals surface area contributed by atoms with Crippen LogP contribution in [-0.2, 0) is 23.9 Å². The molecule has 3 rings (SSSR count). The Balaban J connectivity index is 1.89. The van der Waals surface area contributed by atoms with Crippen molar-refractivity contribution in [3.05, 3.63) is 64.2 Å². The molecule has 5 nitrogen and oxygen atoms in total. The topological polar surface area (TPSA) is 84.6 Å². The maximum absolute atomic E-state index is 13.6. The number of aliphatic hydroxyl groups is 1. The number of hydrogen-bond acceptors (Lipinski definition) is 4. The van der Waals surface area contributed by atoms with Gasteiger partial charge in [-0.1, -0.05) is 79.2 Å². The molecule has 0 spiro atoms. The molecule has 3 N–H and O–H groups in total. The Labute approximate surface area is 217 Å². The van der Waals surface area contributed by atoms with Crippen molar-refractivity contribution < 1.29 is 15.0 Å². The lowest BCUT2D eigenvalue weighted by Gasteiger charge is -2.28. The molecule has 1 heterocycles. The molecule has 0 bridgehead atoms. The fourth-order valence-electron chi connectivity index (χ4n) is 5.39. The Kier molecular flexibility index (Phi) is 8.34. The van der Waals surface area contributed by atoms with Gasteiger partial charge in [0.05, 0.1) is 13.2 Å². The third-order valence-electron chi connectivity index (χ3n) is 7.49. The van der Waals surface area contributed by atoms with E-state index in [2.05, 4.69) is 6.92 Å². The Morgan fingerprint density at radius 3 is 2.08 bits per heavy atom. The summed E-state index contributed by atoms with van der Waals surface area (Å²) < 4.78 is 0. The number of amidine groups is 1. The molecular formula is C31H44N2O3. The summed E-state index contributed by atoms with van der Waals surface area (Å²) in [5, 5.41) is 29.8. The first-order valence-electron chi connectivity index (χ1n) is 13.2. The van der Waals surface area contributed by atoms with Crippen LogP contribution in [0.2, 0.25) is 0 Å². The van der Waals surface area contributed by atoms with Crippen molar-refractivity contribution >= 4 is 11.6 Å². The molecule has 196 valence electrons. The number of nitrogens with one attached hydrogen (secondary N) is 1. The van der Waals surface area contributed by atoms with E-state index in [-0.39, 0.29) is 41.4 Å². The molecule has 2 aromatic rings. The number of hydrogen-bond donors (Lipinski definition) is 3. The first-order valence-corrected chi connectivity index (χ1v) is 13.2. The first kappa shape index (κ1) is 27.9. The number of aliphatic hydroxyl groups excluding tert-OH is 1. The van der Waals surface area contributed by atoms with E-state index >= 15 is 0 Å². The van der Waals surface area contributed by atoms with Crippen LogP contribution in [0.5, 0.6) is 5.75 Å².